The van der Waals surface area contributed by atoms with E-state index in [0.29, 0.717) is 35.6 Å². The fourth-order valence-electron chi connectivity index (χ4n) is 2.18. The van der Waals surface area contributed by atoms with Crippen LogP contribution < -0.4 is 10.1 Å². The molecule has 7 nitrogen and oxygen atoms in total. The van der Waals surface area contributed by atoms with Gasteiger partial charge in [-0.2, -0.15) is 0 Å². The summed E-state index contributed by atoms with van der Waals surface area (Å²) in [5, 5.41) is 13.9. The number of ether oxygens (including phenoxy) is 1. The van der Waals surface area contributed by atoms with Crippen LogP contribution in [0.25, 0.3) is 10.2 Å². The van der Waals surface area contributed by atoms with Crippen LogP contribution in [0.5, 0.6) is 5.75 Å². The average Bonchev–Trinajstić information content (AvgIpc) is 2.95. The van der Waals surface area contributed by atoms with Crippen LogP contribution in [0.15, 0.2) is 39.3 Å². The number of anilines is 1. The molecule has 1 heterocycles. The molecule has 0 spiro atoms. The van der Waals surface area contributed by atoms with Gasteiger partial charge in [0.05, 0.1) is 32.3 Å². The Balaban J connectivity index is 1.93. The van der Waals surface area contributed by atoms with Gasteiger partial charge in [-0.05, 0) is 34.1 Å². The molecule has 0 unspecified atom stereocenters. The molecule has 0 aliphatic carbocycles. The highest BCUT2D eigenvalue weighted by Gasteiger charge is 2.18. The van der Waals surface area contributed by atoms with Gasteiger partial charge in [0.1, 0.15) is 5.75 Å². The number of hydrogen-bond acceptors (Lipinski definition) is 6. The normalized spacial score (nSPS) is 10.7. The van der Waals surface area contributed by atoms with Gasteiger partial charge in [0.25, 0.3) is 11.6 Å². The van der Waals surface area contributed by atoms with E-state index in [9.17, 15) is 14.9 Å². The summed E-state index contributed by atoms with van der Waals surface area (Å²) in [6.07, 6.45) is 0. The van der Waals surface area contributed by atoms with E-state index < -0.39 is 10.8 Å². The molecule has 1 amide bonds. The van der Waals surface area contributed by atoms with E-state index >= 15 is 0 Å². The number of nitro groups is 1. The number of benzene rings is 2. The second kappa shape index (κ2) is 7.06. The van der Waals surface area contributed by atoms with Crippen molar-refractivity contribution < 1.29 is 14.5 Å². The zero-order valence-electron chi connectivity index (χ0n) is 12.6. The van der Waals surface area contributed by atoms with E-state index in [-0.39, 0.29) is 5.69 Å². The summed E-state index contributed by atoms with van der Waals surface area (Å²) < 4.78 is 7.23. The van der Waals surface area contributed by atoms with Crippen molar-refractivity contribution in [3.05, 3.63) is 55.0 Å². The summed E-state index contributed by atoms with van der Waals surface area (Å²) in [6, 6.07) is 7.76. The summed E-state index contributed by atoms with van der Waals surface area (Å²) in [4.78, 5) is 27.2. The fourth-order valence-corrected chi connectivity index (χ4v) is 4.46. The summed E-state index contributed by atoms with van der Waals surface area (Å²) in [6.45, 7) is 0. The van der Waals surface area contributed by atoms with Crippen LogP contribution in [0.2, 0.25) is 0 Å². The summed E-state index contributed by atoms with van der Waals surface area (Å²) >= 11 is 7.85. The molecule has 1 aromatic heterocycles. The van der Waals surface area contributed by atoms with Crippen molar-refractivity contribution in [1.82, 2.24) is 4.98 Å². The second-order valence-corrected chi connectivity index (χ2v) is 7.65. The SMILES string of the molecule is COc1c(Br)cc(Br)cc1C(=O)Nc1nc2ccc([N+](=O)[O-])cc2s1. The zero-order chi connectivity index (χ0) is 18.1. The molecule has 1 N–H and O–H groups in total. The Kier molecular flexibility index (Phi) is 5.02. The smallest absolute Gasteiger partial charge is 0.270 e. The van der Waals surface area contributed by atoms with Gasteiger partial charge in [0.2, 0.25) is 0 Å². The zero-order valence-corrected chi connectivity index (χ0v) is 16.6. The number of carbonyl (C=O) groups is 1. The van der Waals surface area contributed by atoms with Crippen molar-refractivity contribution in [1.29, 1.82) is 0 Å². The number of nitrogens with zero attached hydrogens (tertiary/aromatic N) is 2. The molecule has 0 bridgehead atoms. The van der Waals surface area contributed by atoms with Gasteiger partial charge in [-0.25, -0.2) is 4.98 Å². The van der Waals surface area contributed by atoms with E-state index in [1.807, 2.05) is 0 Å². The fraction of sp³-hybridized carbons (Fsp3) is 0.0667. The first-order chi connectivity index (χ1) is 11.9. The van der Waals surface area contributed by atoms with Crippen LogP contribution in [-0.4, -0.2) is 22.9 Å². The van der Waals surface area contributed by atoms with E-state index in [1.165, 1.54) is 19.2 Å². The van der Waals surface area contributed by atoms with Crippen LogP contribution in [0.4, 0.5) is 10.8 Å². The van der Waals surface area contributed by atoms with Gasteiger partial charge < -0.3 is 4.74 Å². The number of halogens is 2. The third-order valence-electron chi connectivity index (χ3n) is 3.26. The Morgan fingerprint density at radius 1 is 1.32 bits per heavy atom. The lowest BCUT2D eigenvalue weighted by molar-refractivity contribution is -0.384. The van der Waals surface area contributed by atoms with Crippen molar-refractivity contribution in [3.8, 4) is 5.75 Å². The standard InChI is InChI=1S/C15H9Br2N3O4S/c1-24-13-9(4-7(16)5-10(13)17)14(21)19-15-18-11-3-2-8(20(22)23)6-12(11)25-15/h2-6H,1H3,(H,18,19,21). The number of thiazole rings is 1. The summed E-state index contributed by atoms with van der Waals surface area (Å²) in [5.41, 5.74) is 0.883. The molecular formula is C15H9Br2N3O4S. The first-order valence-electron chi connectivity index (χ1n) is 6.78. The Labute approximate surface area is 162 Å². The minimum absolute atomic E-state index is 0.0217. The molecule has 128 valence electrons. The third-order valence-corrected chi connectivity index (χ3v) is 5.24. The lowest BCUT2D eigenvalue weighted by Gasteiger charge is -2.10. The van der Waals surface area contributed by atoms with Crippen LogP contribution >= 0.6 is 43.2 Å². The monoisotopic (exact) mass is 485 g/mol. The highest BCUT2D eigenvalue weighted by Crippen LogP contribution is 2.34. The molecular weight excluding hydrogens is 478 g/mol. The molecule has 0 fully saturated rings. The molecule has 10 heteroatoms. The molecule has 0 aliphatic heterocycles. The molecule has 0 saturated carbocycles. The number of carbonyl (C=O) groups excluding carboxylic acids is 1. The van der Waals surface area contributed by atoms with Crippen LogP contribution in [0, 0.1) is 10.1 Å². The van der Waals surface area contributed by atoms with Gasteiger partial charge in [0, 0.05) is 16.6 Å². The van der Waals surface area contributed by atoms with Crippen molar-refractivity contribution >= 4 is 70.1 Å². The van der Waals surface area contributed by atoms with Gasteiger partial charge in [-0.15, -0.1) is 0 Å². The maximum Gasteiger partial charge on any atom is 0.270 e. The molecule has 3 aromatic rings. The topological polar surface area (TPSA) is 94.4 Å². The molecule has 0 saturated heterocycles. The molecule has 0 atom stereocenters. The first kappa shape index (κ1) is 17.8. The molecule has 0 radical (unpaired) electrons. The number of methoxy groups -OCH3 is 1. The highest BCUT2D eigenvalue weighted by molar-refractivity contribution is 9.11. The van der Waals surface area contributed by atoms with Crippen molar-refractivity contribution in [2.24, 2.45) is 0 Å². The predicted molar refractivity (Wildman–Crippen MR) is 103 cm³/mol. The number of fused-ring (bicyclic) bond motifs is 1. The maximum absolute atomic E-state index is 12.6. The van der Waals surface area contributed by atoms with E-state index in [4.69, 9.17) is 4.74 Å². The minimum Gasteiger partial charge on any atom is -0.495 e. The van der Waals surface area contributed by atoms with Gasteiger partial charge >= 0.3 is 0 Å². The van der Waals surface area contributed by atoms with E-state index in [0.717, 1.165) is 11.3 Å². The molecule has 25 heavy (non-hydrogen) atoms. The average molecular weight is 487 g/mol. The van der Waals surface area contributed by atoms with E-state index in [1.54, 1.807) is 18.2 Å². The minimum atomic E-state index is -0.471. The number of nitro benzene ring substituents is 1. The third kappa shape index (κ3) is 3.65. The summed E-state index contributed by atoms with van der Waals surface area (Å²) in [5.74, 6) is 0.00450. The quantitative estimate of drug-likeness (QED) is 0.414. The van der Waals surface area contributed by atoms with Gasteiger partial charge in [0.15, 0.2) is 5.13 Å². The number of amides is 1. The van der Waals surface area contributed by atoms with Crippen molar-refractivity contribution in [2.75, 3.05) is 12.4 Å². The number of non-ortho nitro benzene ring substituents is 1. The number of nitrogens with one attached hydrogen (secondary N) is 1. The van der Waals surface area contributed by atoms with Crippen LogP contribution in [0.3, 0.4) is 0 Å². The van der Waals surface area contributed by atoms with Crippen LogP contribution in [0.1, 0.15) is 10.4 Å². The number of rotatable bonds is 4. The maximum atomic E-state index is 12.6. The Morgan fingerprint density at radius 3 is 2.76 bits per heavy atom. The summed E-state index contributed by atoms with van der Waals surface area (Å²) in [7, 11) is 1.47. The second-order valence-electron chi connectivity index (χ2n) is 4.85. The molecule has 2 aromatic carbocycles. The van der Waals surface area contributed by atoms with Crippen molar-refractivity contribution in [2.45, 2.75) is 0 Å². The van der Waals surface area contributed by atoms with E-state index in [2.05, 4.69) is 42.2 Å². The van der Waals surface area contributed by atoms with Crippen LogP contribution in [-0.2, 0) is 0 Å². The largest absolute Gasteiger partial charge is 0.495 e. The Hall–Kier alpha value is -2.04. The Morgan fingerprint density at radius 2 is 2.08 bits per heavy atom. The highest BCUT2D eigenvalue weighted by atomic mass is 79.9. The Bertz CT molecular complexity index is 1010. The number of aromatic nitrogens is 1. The lowest BCUT2D eigenvalue weighted by atomic mass is 10.2. The molecule has 3 rings (SSSR count). The van der Waals surface area contributed by atoms with Gasteiger partial charge in [-0.3, -0.25) is 20.2 Å². The van der Waals surface area contributed by atoms with Gasteiger partial charge in [-0.1, -0.05) is 27.3 Å². The number of hydrogen-bond donors (Lipinski definition) is 1. The van der Waals surface area contributed by atoms with Crippen molar-refractivity contribution in [3.63, 3.8) is 0 Å². The first-order valence-corrected chi connectivity index (χ1v) is 9.18. The predicted octanol–water partition coefficient (Wildman–Crippen LogP) is 4.99. The molecule has 0 aliphatic rings. The lowest BCUT2D eigenvalue weighted by Crippen LogP contribution is -2.13.